The summed E-state index contributed by atoms with van der Waals surface area (Å²) in [5.74, 6) is -0.178. The maximum Gasteiger partial charge on any atom is 0.123 e. The van der Waals surface area contributed by atoms with Gasteiger partial charge in [0.1, 0.15) is 5.82 Å². The van der Waals surface area contributed by atoms with Crippen molar-refractivity contribution in [3.8, 4) is 0 Å². The fourth-order valence-electron chi connectivity index (χ4n) is 0.415. The fourth-order valence-corrected chi connectivity index (χ4v) is 0.415. The first-order chi connectivity index (χ1) is 5.13. The molecule has 0 saturated carbocycles. The fraction of sp³-hybridized carbons (Fsp3) is 0.125. The van der Waals surface area contributed by atoms with Crippen molar-refractivity contribution in [3.05, 3.63) is 36.1 Å². The molecule has 0 aliphatic heterocycles. The molecule has 0 amide bonds. The average molecular weight is 171 g/mol. The van der Waals surface area contributed by atoms with Crippen LogP contribution in [0.2, 0.25) is 0 Å². The van der Waals surface area contributed by atoms with E-state index >= 15 is 0 Å². The van der Waals surface area contributed by atoms with Crippen LogP contribution in [0.25, 0.3) is 0 Å². The number of halogens is 1. The van der Waals surface area contributed by atoms with Crippen LogP contribution in [-0.4, -0.2) is 4.99 Å². The van der Waals surface area contributed by atoms with Gasteiger partial charge in [0.2, 0.25) is 0 Å². The Labute approximate surface area is 71.0 Å². The van der Waals surface area contributed by atoms with Crippen LogP contribution >= 0.6 is 12.2 Å². The van der Waals surface area contributed by atoms with E-state index in [1.807, 2.05) is 0 Å². The molecule has 0 saturated heterocycles. The van der Waals surface area contributed by atoms with Gasteiger partial charge in [-0.3, -0.25) is 0 Å². The first-order valence-corrected chi connectivity index (χ1v) is 3.50. The highest BCUT2D eigenvalue weighted by Gasteiger charge is 1.77. The van der Waals surface area contributed by atoms with Crippen molar-refractivity contribution in [2.75, 3.05) is 0 Å². The smallest absolute Gasteiger partial charge is 0.123 e. The highest BCUT2D eigenvalue weighted by atomic mass is 32.1. The van der Waals surface area contributed by atoms with Crippen molar-refractivity contribution in [2.24, 2.45) is 5.73 Å². The molecular weight excluding hydrogens is 161 g/mol. The SMILES string of the molecule is CC(N)=S.Fc1ccccc1. The predicted molar refractivity (Wildman–Crippen MR) is 48.9 cm³/mol. The van der Waals surface area contributed by atoms with Crippen LogP contribution in [0.4, 0.5) is 4.39 Å². The molecule has 0 heterocycles. The van der Waals surface area contributed by atoms with E-state index in [0.717, 1.165) is 0 Å². The maximum absolute atomic E-state index is 11.9. The molecule has 11 heavy (non-hydrogen) atoms. The van der Waals surface area contributed by atoms with Crippen molar-refractivity contribution in [1.82, 2.24) is 0 Å². The molecule has 0 atom stereocenters. The van der Waals surface area contributed by atoms with Crippen LogP contribution in [0, 0.1) is 5.82 Å². The van der Waals surface area contributed by atoms with Crippen molar-refractivity contribution in [2.45, 2.75) is 6.92 Å². The van der Waals surface area contributed by atoms with Crippen LogP contribution < -0.4 is 5.73 Å². The predicted octanol–water partition coefficient (Wildman–Crippen LogP) is 2.12. The normalized spacial score (nSPS) is 7.82. The largest absolute Gasteiger partial charge is 0.394 e. The van der Waals surface area contributed by atoms with Gasteiger partial charge in [-0.15, -0.1) is 0 Å². The molecule has 0 radical (unpaired) electrons. The summed E-state index contributed by atoms with van der Waals surface area (Å²) >= 11 is 4.31. The van der Waals surface area contributed by atoms with Crippen LogP contribution in [0.1, 0.15) is 6.92 Å². The zero-order chi connectivity index (χ0) is 8.69. The number of hydrogen-bond acceptors (Lipinski definition) is 1. The lowest BCUT2D eigenvalue weighted by Gasteiger charge is -1.78. The minimum absolute atomic E-state index is 0.178. The van der Waals surface area contributed by atoms with Gasteiger partial charge in [0.05, 0.1) is 4.99 Å². The van der Waals surface area contributed by atoms with Crippen LogP contribution in [0.3, 0.4) is 0 Å². The van der Waals surface area contributed by atoms with E-state index in [0.29, 0.717) is 4.99 Å². The van der Waals surface area contributed by atoms with E-state index in [-0.39, 0.29) is 5.82 Å². The van der Waals surface area contributed by atoms with Gasteiger partial charge >= 0.3 is 0 Å². The maximum atomic E-state index is 11.9. The van der Waals surface area contributed by atoms with Gasteiger partial charge in [-0.1, -0.05) is 30.4 Å². The van der Waals surface area contributed by atoms with Crippen molar-refractivity contribution >= 4 is 17.2 Å². The molecule has 0 bridgehead atoms. The van der Waals surface area contributed by atoms with E-state index in [9.17, 15) is 4.39 Å². The van der Waals surface area contributed by atoms with E-state index < -0.39 is 0 Å². The number of nitrogens with two attached hydrogens (primary N) is 1. The second kappa shape index (κ2) is 5.80. The molecule has 1 nitrogen and oxygen atoms in total. The summed E-state index contributed by atoms with van der Waals surface area (Å²) < 4.78 is 11.9. The zero-order valence-corrected chi connectivity index (χ0v) is 7.07. The summed E-state index contributed by atoms with van der Waals surface area (Å²) in [4.78, 5) is 0.500. The molecule has 1 aromatic carbocycles. The number of benzene rings is 1. The standard InChI is InChI=1S/C6H5F.C2H5NS/c7-6-4-2-1-3-5-6;1-2(3)4/h1-5H;1H3,(H2,3,4). The van der Waals surface area contributed by atoms with Gasteiger partial charge in [-0.2, -0.15) is 0 Å². The number of thiocarbonyl (C=S) groups is 1. The molecule has 0 fully saturated rings. The molecule has 0 spiro atoms. The molecule has 60 valence electrons. The van der Waals surface area contributed by atoms with Crippen molar-refractivity contribution in [3.63, 3.8) is 0 Å². The minimum atomic E-state index is -0.178. The number of rotatable bonds is 0. The third-order valence-corrected chi connectivity index (χ3v) is 0.733. The van der Waals surface area contributed by atoms with Crippen molar-refractivity contribution in [1.29, 1.82) is 0 Å². The Bertz CT molecular complexity index is 207. The highest BCUT2D eigenvalue weighted by Crippen LogP contribution is 1.91. The van der Waals surface area contributed by atoms with Gasteiger partial charge in [-0.25, -0.2) is 4.39 Å². The molecule has 0 unspecified atom stereocenters. The van der Waals surface area contributed by atoms with E-state index in [1.165, 1.54) is 12.1 Å². The Morgan fingerprint density at radius 2 is 1.73 bits per heavy atom. The molecule has 0 aromatic heterocycles. The number of hydrogen-bond donors (Lipinski definition) is 1. The average Bonchev–Trinajstić information content (AvgIpc) is 1.87. The molecule has 3 heteroatoms. The van der Waals surface area contributed by atoms with E-state index in [4.69, 9.17) is 5.73 Å². The van der Waals surface area contributed by atoms with Crippen LogP contribution in [-0.2, 0) is 0 Å². The third kappa shape index (κ3) is 9.04. The summed E-state index contributed by atoms with van der Waals surface area (Å²) in [5, 5.41) is 0. The molecule has 1 rings (SSSR count). The summed E-state index contributed by atoms with van der Waals surface area (Å²) in [6.07, 6.45) is 0. The van der Waals surface area contributed by atoms with Crippen LogP contribution in [0.15, 0.2) is 30.3 Å². The third-order valence-electron chi connectivity index (χ3n) is 0.733. The highest BCUT2D eigenvalue weighted by molar-refractivity contribution is 7.80. The first kappa shape index (κ1) is 10.0. The Morgan fingerprint density at radius 3 is 1.91 bits per heavy atom. The van der Waals surface area contributed by atoms with E-state index in [1.54, 1.807) is 25.1 Å². The molecular formula is C8H10FNS. The van der Waals surface area contributed by atoms with Gasteiger partial charge in [0.15, 0.2) is 0 Å². The van der Waals surface area contributed by atoms with Gasteiger partial charge in [0.25, 0.3) is 0 Å². The molecule has 1 aromatic rings. The quantitative estimate of drug-likeness (QED) is 0.605. The van der Waals surface area contributed by atoms with Crippen LogP contribution in [0.5, 0.6) is 0 Å². The lowest BCUT2D eigenvalue weighted by molar-refractivity contribution is 0.628. The lowest BCUT2D eigenvalue weighted by atomic mass is 10.4. The Balaban J connectivity index is 0.000000218. The van der Waals surface area contributed by atoms with Gasteiger partial charge < -0.3 is 5.73 Å². The molecule has 2 N–H and O–H groups in total. The summed E-state index contributed by atoms with van der Waals surface area (Å²) in [6, 6.07) is 7.94. The minimum Gasteiger partial charge on any atom is -0.394 e. The lowest BCUT2D eigenvalue weighted by Crippen LogP contribution is -1.98. The molecule has 0 aliphatic rings. The van der Waals surface area contributed by atoms with E-state index in [2.05, 4.69) is 12.2 Å². The monoisotopic (exact) mass is 171 g/mol. The molecule has 0 aliphatic carbocycles. The second-order valence-electron chi connectivity index (χ2n) is 1.91. The van der Waals surface area contributed by atoms with Gasteiger partial charge in [0, 0.05) is 0 Å². The summed E-state index contributed by atoms with van der Waals surface area (Å²) in [7, 11) is 0. The summed E-state index contributed by atoms with van der Waals surface area (Å²) in [5.41, 5.74) is 4.84. The van der Waals surface area contributed by atoms with Gasteiger partial charge in [-0.05, 0) is 19.1 Å². The Morgan fingerprint density at radius 1 is 1.36 bits per heavy atom. The summed E-state index contributed by atoms with van der Waals surface area (Å²) in [6.45, 7) is 1.68. The Hall–Kier alpha value is -0.960. The topological polar surface area (TPSA) is 26.0 Å². The second-order valence-corrected chi connectivity index (χ2v) is 2.55. The Kier molecular flexibility index (Phi) is 5.29. The zero-order valence-electron chi connectivity index (χ0n) is 6.25. The first-order valence-electron chi connectivity index (χ1n) is 3.09. The van der Waals surface area contributed by atoms with Crippen molar-refractivity contribution < 1.29 is 4.39 Å².